The van der Waals surface area contributed by atoms with Crippen LogP contribution in [0.25, 0.3) is 0 Å². The third-order valence-corrected chi connectivity index (χ3v) is 1.41. The Morgan fingerprint density at radius 3 is 2.27 bits per heavy atom. The zero-order chi connectivity index (χ0) is 8.27. The molecule has 2 N–H and O–H groups in total. The van der Waals surface area contributed by atoms with Crippen molar-refractivity contribution < 1.29 is 10.2 Å². The van der Waals surface area contributed by atoms with Crippen LogP contribution in [0, 0.1) is 12.3 Å². The summed E-state index contributed by atoms with van der Waals surface area (Å²) >= 11 is 0. The van der Waals surface area contributed by atoms with Gasteiger partial charge in [0, 0.05) is 12.0 Å². The molecule has 0 spiro atoms. The first-order valence-corrected chi connectivity index (χ1v) is 3.19. The highest BCUT2D eigenvalue weighted by atomic mass is 16.3. The van der Waals surface area contributed by atoms with Crippen LogP contribution in [0.15, 0.2) is 18.2 Å². The van der Waals surface area contributed by atoms with Crippen LogP contribution in [0.1, 0.15) is 5.56 Å². The lowest BCUT2D eigenvalue weighted by Gasteiger charge is -2.01. The second-order valence-corrected chi connectivity index (χ2v) is 2.16. The van der Waals surface area contributed by atoms with Gasteiger partial charge in [0.15, 0.2) is 0 Å². The van der Waals surface area contributed by atoms with E-state index in [9.17, 15) is 0 Å². The molecule has 0 radical (unpaired) electrons. The van der Waals surface area contributed by atoms with E-state index < -0.39 is 0 Å². The first kappa shape index (κ1) is 7.49. The Balaban J connectivity index is 3.12. The monoisotopic (exact) mass is 148 g/mol. The lowest BCUT2D eigenvalue weighted by atomic mass is 10.1. The molecule has 0 fully saturated rings. The van der Waals surface area contributed by atoms with E-state index in [-0.39, 0.29) is 17.9 Å². The Morgan fingerprint density at radius 1 is 1.27 bits per heavy atom. The van der Waals surface area contributed by atoms with Crippen molar-refractivity contribution in [3.63, 3.8) is 0 Å². The van der Waals surface area contributed by atoms with Crippen LogP contribution in [-0.2, 0) is 6.42 Å². The van der Waals surface area contributed by atoms with Crippen molar-refractivity contribution >= 4 is 0 Å². The van der Waals surface area contributed by atoms with Gasteiger partial charge < -0.3 is 10.2 Å². The standard InChI is InChI=1S/C9H8O2/c1-2-4-7-8(10)5-3-6-9(7)11/h1,3,5-6,10-11H,4H2. The van der Waals surface area contributed by atoms with Gasteiger partial charge >= 0.3 is 0 Å². The SMILES string of the molecule is C#CCc1c(O)cccc1O. The smallest absolute Gasteiger partial charge is 0.123 e. The predicted octanol–water partition coefficient (Wildman–Crippen LogP) is 1.27. The normalized spacial score (nSPS) is 9.00. The molecule has 11 heavy (non-hydrogen) atoms. The molecule has 0 saturated heterocycles. The van der Waals surface area contributed by atoms with E-state index >= 15 is 0 Å². The Hall–Kier alpha value is -1.62. The summed E-state index contributed by atoms with van der Waals surface area (Å²) in [7, 11) is 0. The Bertz CT molecular complexity index is 277. The summed E-state index contributed by atoms with van der Waals surface area (Å²) in [5, 5.41) is 18.3. The van der Waals surface area contributed by atoms with Gasteiger partial charge in [0.25, 0.3) is 0 Å². The number of phenols is 2. The van der Waals surface area contributed by atoms with E-state index in [4.69, 9.17) is 16.6 Å². The molecule has 0 heterocycles. The summed E-state index contributed by atoms with van der Waals surface area (Å²) in [6.45, 7) is 0. The van der Waals surface area contributed by atoms with Crippen molar-refractivity contribution in [3.05, 3.63) is 23.8 Å². The molecular weight excluding hydrogens is 140 g/mol. The molecule has 0 unspecified atom stereocenters. The van der Waals surface area contributed by atoms with E-state index in [1.807, 2.05) is 0 Å². The highest BCUT2D eigenvalue weighted by Crippen LogP contribution is 2.25. The lowest BCUT2D eigenvalue weighted by Crippen LogP contribution is -1.82. The van der Waals surface area contributed by atoms with Crippen molar-refractivity contribution in [2.75, 3.05) is 0 Å². The average Bonchev–Trinajstić information content (AvgIpc) is 1.97. The summed E-state index contributed by atoms with van der Waals surface area (Å²) < 4.78 is 0. The highest BCUT2D eigenvalue weighted by Gasteiger charge is 2.03. The maximum absolute atomic E-state index is 9.17. The highest BCUT2D eigenvalue weighted by molar-refractivity contribution is 5.44. The van der Waals surface area contributed by atoms with Crippen LogP contribution in [0.2, 0.25) is 0 Å². The molecule has 1 aromatic carbocycles. The van der Waals surface area contributed by atoms with Crippen LogP contribution in [0.5, 0.6) is 11.5 Å². The molecule has 1 rings (SSSR count). The van der Waals surface area contributed by atoms with Crippen molar-refractivity contribution in [2.24, 2.45) is 0 Å². The Labute approximate surface area is 65.1 Å². The second-order valence-electron chi connectivity index (χ2n) is 2.16. The first-order chi connectivity index (χ1) is 5.25. The zero-order valence-corrected chi connectivity index (χ0v) is 5.91. The van der Waals surface area contributed by atoms with Crippen LogP contribution in [-0.4, -0.2) is 10.2 Å². The predicted molar refractivity (Wildman–Crippen MR) is 42.3 cm³/mol. The number of hydrogen-bond donors (Lipinski definition) is 2. The molecule has 0 bridgehead atoms. The molecule has 0 amide bonds. The number of terminal acetylenes is 1. The zero-order valence-electron chi connectivity index (χ0n) is 5.91. The van der Waals surface area contributed by atoms with E-state index in [2.05, 4.69) is 5.92 Å². The summed E-state index contributed by atoms with van der Waals surface area (Å²) in [5.74, 6) is 2.43. The van der Waals surface area contributed by atoms with Crippen molar-refractivity contribution in [2.45, 2.75) is 6.42 Å². The second kappa shape index (κ2) is 2.98. The summed E-state index contributed by atoms with van der Waals surface area (Å²) in [4.78, 5) is 0. The lowest BCUT2D eigenvalue weighted by molar-refractivity contribution is 0.441. The number of benzene rings is 1. The topological polar surface area (TPSA) is 40.5 Å². The summed E-state index contributed by atoms with van der Waals surface area (Å²) in [5.41, 5.74) is 0.412. The minimum absolute atomic E-state index is 0.0444. The third-order valence-electron chi connectivity index (χ3n) is 1.41. The van der Waals surface area contributed by atoms with Crippen LogP contribution in [0.3, 0.4) is 0 Å². The fraction of sp³-hybridized carbons (Fsp3) is 0.111. The minimum Gasteiger partial charge on any atom is -0.507 e. The summed E-state index contributed by atoms with van der Waals surface area (Å²) in [6, 6.07) is 4.55. The quantitative estimate of drug-likeness (QED) is 0.589. The largest absolute Gasteiger partial charge is 0.507 e. The van der Waals surface area contributed by atoms with Crippen molar-refractivity contribution in [1.82, 2.24) is 0 Å². The van der Waals surface area contributed by atoms with Gasteiger partial charge in [0.05, 0.1) is 0 Å². The molecular formula is C9H8O2. The Kier molecular flexibility index (Phi) is 2.03. The Morgan fingerprint density at radius 2 is 1.82 bits per heavy atom. The van der Waals surface area contributed by atoms with Crippen molar-refractivity contribution in [1.29, 1.82) is 0 Å². The number of phenolic OH excluding ortho intramolecular Hbond substituents is 2. The molecule has 0 atom stereocenters. The maximum Gasteiger partial charge on any atom is 0.123 e. The van der Waals surface area contributed by atoms with Crippen molar-refractivity contribution in [3.8, 4) is 23.8 Å². The van der Waals surface area contributed by atoms with E-state index in [1.54, 1.807) is 6.07 Å². The molecule has 56 valence electrons. The number of hydrogen-bond acceptors (Lipinski definition) is 2. The molecule has 0 aliphatic rings. The third kappa shape index (κ3) is 1.44. The van der Waals surface area contributed by atoms with E-state index in [0.717, 1.165) is 0 Å². The van der Waals surface area contributed by atoms with E-state index in [0.29, 0.717) is 5.56 Å². The van der Waals surface area contributed by atoms with Gasteiger partial charge in [-0.25, -0.2) is 0 Å². The molecule has 2 heteroatoms. The van der Waals surface area contributed by atoms with Gasteiger partial charge in [-0.05, 0) is 12.1 Å². The fourth-order valence-electron chi connectivity index (χ4n) is 0.846. The maximum atomic E-state index is 9.17. The van der Waals surface area contributed by atoms with Gasteiger partial charge in [-0.2, -0.15) is 0 Å². The van der Waals surface area contributed by atoms with E-state index in [1.165, 1.54) is 12.1 Å². The number of rotatable bonds is 1. The average molecular weight is 148 g/mol. The molecule has 1 aromatic rings. The number of aromatic hydroxyl groups is 2. The van der Waals surface area contributed by atoms with Gasteiger partial charge in [0.2, 0.25) is 0 Å². The van der Waals surface area contributed by atoms with Gasteiger partial charge in [0.1, 0.15) is 11.5 Å². The molecule has 0 aliphatic heterocycles. The van der Waals surface area contributed by atoms with Gasteiger partial charge in [-0.15, -0.1) is 12.3 Å². The minimum atomic E-state index is 0.0444. The molecule has 2 nitrogen and oxygen atoms in total. The van der Waals surface area contributed by atoms with Gasteiger partial charge in [-0.3, -0.25) is 0 Å². The molecule has 0 saturated carbocycles. The first-order valence-electron chi connectivity index (χ1n) is 3.19. The van der Waals surface area contributed by atoms with Crippen LogP contribution in [0.4, 0.5) is 0 Å². The van der Waals surface area contributed by atoms with Crippen LogP contribution < -0.4 is 0 Å². The fourth-order valence-corrected chi connectivity index (χ4v) is 0.846. The van der Waals surface area contributed by atoms with Gasteiger partial charge in [-0.1, -0.05) is 6.07 Å². The van der Waals surface area contributed by atoms with Crippen LogP contribution >= 0.6 is 0 Å². The molecule has 0 aliphatic carbocycles. The summed E-state index contributed by atoms with van der Waals surface area (Å²) in [6.07, 6.45) is 5.27. The molecule has 0 aromatic heterocycles.